The highest BCUT2D eigenvalue weighted by atomic mass is 16.1. The molecule has 0 radical (unpaired) electrons. The second-order valence-corrected chi connectivity index (χ2v) is 4.97. The Labute approximate surface area is 104 Å². The second-order valence-electron chi connectivity index (χ2n) is 4.97. The lowest BCUT2D eigenvalue weighted by Gasteiger charge is -2.17. The molecule has 2 unspecified atom stereocenters. The van der Waals surface area contributed by atoms with E-state index in [2.05, 4.69) is 32.9 Å². The molecule has 0 heterocycles. The average Bonchev–Trinajstić information content (AvgIpc) is 2.31. The first-order valence-corrected chi connectivity index (χ1v) is 6.30. The fraction of sp³-hybridized carbons (Fsp3) is 0.533. The van der Waals surface area contributed by atoms with Gasteiger partial charge < -0.3 is 5.73 Å². The van der Waals surface area contributed by atoms with E-state index in [-0.39, 0.29) is 17.7 Å². The van der Waals surface area contributed by atoms with Gasteiger partial charge in [0.15, 0.2) is 5.78 Å². The first-order valence-electron chi connectivity index (χ1n) is 6.30. The number of carbonyl (C=O) groups is 1. The van der Waals surface area contributed by atoms with E-state index in [9.17, 15) is 4.79 Å². The zero-order valence-corrected chi connectivity index (χ0v) is 11.3. The molecule has 2 heteroatoms. The van der Waals surface area contributed by atoms with Crippen molar-refractivity contribution in [2.24, 2.45) is 11.7 Å². The molecule has 0 aromatic heterocycles. The third-order valence-corrected chi connectivity index (χ3v) is 3.58. The van der Waals surface area contributed by atoms with Crippen molar-refractivity contribution in [3.05, 3.63) is 34.9 Å². The normalized spacial score (nSPS) is 14.4. The Kier molecular flexibility index (Phi) is 4.88. The third kappa shape index (κ3) is 3.67. The van der Waals surface area contributed by atoms with E-state index in [4.69, 9.17) is 5.73 Å². The van der Waals surface area contributed by atoms with Crippen molar-refractivity contribution in [3.8, 4) is 0 Å². The van der Waals surface area contributed by atoms with Gasteiger partial charge in [-0.15, -0.1) is 0 Å². The van der Waals surface area contributed by atoms with Crippen LogP contribution in [0.4, 0.5) is 0 Å². The first kappa shape index (κ1) is 13.9. The Balaban J connectivity index is 2.71. The van der Waals surface area contributed by atoms with Gasteiger partial charge in [-0.2, -0.15) is 0 Å². The van der Waals surface area contributed by atoms with Gasteiger partial charge in [-0.1, -0.05) is 38.5 Å². The minimum absolute atomic E-state index is 0.141. The molecule has 0 aliphatic rings. The van der Waals surface area contributed by atoms with Crippen molar-refractivity contribution in [3.63, 3.8) is 0 Å². The molecule has 94 valence electrons. The van der Waals surface area contributed by atoms with Crippen LogP contribution in [-0.4, -0.2) is 11.8 Å². The van der Waals surface area contributed by atoms with Crippen molar-refractivity contribution in [2.45, 2.75) is 46.6 Å². The highest BCUT2D eigenvalue weighted by Crippen LogP contribution is 2.13. The van der Waals surface area contributed by atoms with Crippen LogP contribution in [0, 0.1) is 19.8 Å². The molecule has 0 saturated carbocycles. The Morgan fingerprint density at radius 3 is 2.47 bits per heavy atom. The summed E-state index contributed by atoms with van der Waals surface area (Å²) in [5.74, 6) is 0.400. The lowest BCUT2D eigenvalue weighted by Crippen LogP contribution is -2.37. The van der Waals surface area contributed by atoms with Crippen molar-refractivity contribution >= 4 is 5.78 Å². The largest absolute Gasteiger partial charge is 0.321 e. The van der Waals surface area contributed by atoms with Crippen LogP contribution >= 0.6 is 0 Å². The highest BCUT2D eigenvalue weighted by Gasteiger charge is 2.19. The Morgan fingerprint density at radius 1 is 1.29 bits per heavy atom. The van der Waals surface area contributed by atoms with Crippen LogP contribution in [0.25, 0.3) is 0 Å². The molecule has 0 fully saturated rings. The van der Waals surface area contributed by atoms with Crippen LogP contribution in [0.3, 0.4) is 0 Å². The van der Waals surface area contributed by atoms with Gasteiger partial charge in [0.25, 0.3) is 0 Å². The van der Waals surface area contributed by atoms with E-state index in [1.54, 1.807) is 0 Å². The van der Waals surface area contributed by atoms with Gasteiger partial charge in [-0.3, -0.25) is 4.79 Å². The highest BCUT2D eigenvalue weighted by molar-refractivity contribution is 5.86. The van der Waals surface area contributed by atoms with Gasteiger partial charge in [-0.25, -0.2) is 0 Å². The summed E-state index contributed by atoms with van der Waals surface area (Å²) in [6.07, 6.45) is 1.40. The summed E-state index contributed by atoms with van der Waals surface area (Å²) < 4.78 is 0. The lowest BCUT2D eigenvalue weighted by molar-refractivity contribution is -0.120. The fourth-order valence-corrected chi connectivity index (χ4v) is 1.80. The SMILES string of the molecule is CCC(C)C(N)C(=O)Cc1ccc(C)c(C)c1. The molecule has 0 saturated heterocycles. The summed E-state index contributed by atoms with van der Waals surface area (Å²) in [4.78, 5) is 12.0. The molecule has 1 aromatic rings. The average molecular weight is 233 g/mol. The van der Waals surface area contributed by atoms with Crippen LogP contribution in [0.15, 0.2) is 18.2 Å². The van der Waals surface area contributed by atoms with Gasteiger partial charge in [0, 0.05) is 6.42 Å². The summed E-state index contributed by atoms with van der Waals surface area (Å²) in [5.41, 5.74) is 9.49. The number of rotatable bonds is 5. The molecule has 17 heavy (non-hydrogen) atoms. The zero-order chi connectivity index (χ0) is 13.0. The van der Waals surface area contributed by atoms with Gasteiger partial charge in [0.05, 0.1) is 6.04 Å². The Morgan fingerprint density at radius 2 is 1.94 bits per heavy atom. The number of benzene rings is 1. The van der Waals surface area contributed by atoms with Crippen molar-refractivity contribution < 1.29 is 4.79 Å². The van der Waals surface area contributed by atoms with E-state index in [1.165, 1.54) is 11.1 Å². The quantitative estimate of drug-likeness (QED) is 0.849. The Bertz CT molecular complexity index is 398. The summed E-state index contributed by atoms with van der Waals surface area (Å²) in [5, 5.41) is 0. The van der Waals surface area contributed by atoms with E-state index >= 15 is 0 Å². The maximum absolute atomic E-state index is 12.0. The number of ketones is 1. The molecular weight excluding hydrogens is 210 g/mol. The van der Waals surface area contributed by atoms with Gasteiger partial charge in [0.2, 0.25) is 0 Å². The maximum atomic E-state index is 12.0. The molecule has 1 rings (SSSR count). The van der Waals surface area contributed by atoms with E-state index < -0.39 is 0 Å². The number of Topliss-reactive ketones (excluding diaryl/α,β-unsaturated/α-hetero) is 1. The predicted octanol–water partition coefficient (Wildman–Crippen LogP) is 2.79. The van der Waals surface area contributed by atoms with Crippen molar-refractivity contribution in [1.82, 2.24) is 0 Å². The maximum Gasteiger partial charge on any atom is 0.154 e. The van der Waals surface area contributed by atoms with Gasteiger partial charge in [0.1, 0.15) is 0 Å². The van der Waals surface area contributed by atoms with Crippen molar-refractivity contribution in [2.75, 3.05) is 0 Å². The molecule has 2 atom stereocenters. The lowest BCUT2D eigenvalue weighted by atomic mass is 9.92. The predicted molar refractivity (Wildman–Crippen MR) is 72.1 cm³/mol. The molecule has 0 spiro atoms. The molecule has 0 aliphatic heterocycles. The summed E-state index contributed by atoms with van der Waals surface area (Å²) >= 11 is 0. The number of hydrogen-bond donors (Lipinski definition) is 1. The Hall–Kier alpha value is -1.15. The molecule has 0 bridgehead atoms. The summed E-state index contributed by atoms with van der Waals surface area (Å²) in [7, 11) is 0. The number of aryl methyl sites for hydroxylation is 2. The third-order valence-electron chi connectivity index (χ3n) is 3.58. The number of carbonyl (C=O) groups excluding carboxylic acids is 1. The molecular formula is C15H23NO. The van der Waals surface area contributed by atoms with Gasteiger partial charge >= 0.3 is 0 Å². The van der Waals surface area contributed by atoms with Crippen LogP contribution in [0.2, 0.25) is 0 Å². The number of nitrogens with two attached hydrogens (primary N) is 1. The topological polar surface area (TPSA) is 43.1 Å². The van der Waals surface area contributed by atoms with Gasteiger partial charge in [-0.05, 0) is 36.5 Å². The molecule has 0 aliphatic carbocycles. The van der Waals surface area contributed by atoms with E-state index in [0.717, 1.165) is 12.0 Å². The first-order chi connectivity index (χ1) is 7.95. The fourth-order valence-electron chi connectivity index (χ4n) is 1.80. The molecule has 0 amide bonds. The van der Waals surface area contributed by atoms with E-state index in [0.29, 0.717) is 6.42 Å². The summed E-state index contributed by atoms with van der Waals surface area (Å²) in [6, 6.07) is 5.83. The molecule has 1 aromatic carbocycles. The minimum atomic E-state index is -0.332. The summed E-state index contributed by atoms with van der Waals surface area (Å²) in [6.45, 7) is 8.24. The second kappa shape index (κ2) is 5.97. The smallest absolute Gasteiger partial charge is 0.154 e. The van der Waals surface area contributed by atoms with Crippen LogP contribution < -0.4 is 5.73 Å². The molecule has 2 nitrogen and oxygen atoms in total. The van der Waals surface area contributed by atoms with Crippen molar-refractivity contribution in [1.29, 1.82) is 0 Å². The van der Waals surface area contributed by atoms with Crippen LogP contribution in [-0.2, 0) is 11.2 Å². The van der Waals surface area contributed by atoms with E-state index in [1.807, 2.05) is 13.0 Å². The van der Waals surface area contributed by atoms with Crippen LogP contribution in [0.1, 0.15) is 37.0 Å². The van der Waals surface area contributed by atoms with Crippen LogP contribution in [0.5, 0.6) is 0 Å². The zero-order valence-electron chi connectivity index (χ0n) is 11.3. The monoisotopic (exact) mass is 233 g/mol. The minimum Gasteiger partial charge on any atom is -0.321 e. The molecule has 2 N–H and O–H groups in total. The number of hydrogen-bond acceptors (Lipinski definition) is 2. The standard InChI is InChI=1S/C15H23NO/c1-5-10(2)15(16)14(17)9-13-7-6-11(3)12(4)8-13/h6-8,10,15H,5,9,16H2,1-4H3.